The number of benzene rings is 1. The molecular weight excluding hydrogens is 276 g/mol. The first-order valence-electron chi connectivity index (χ1n) is 4.42. The molecule has 2 aromatic rings. The lowest BCUT2D eigenvalue weighted by Crippen LogP contribution is -1.98. The molecule has 6 heteroatoms. The second kappa shape index (κ2) is 4.89. The van der Waals surface area contributed by atoms with E-state index in [4.69, 9.17) is 4.74 Å². The van der Waals surface area contributed by atoms with Crippen LogP contribution in [-0.4, -0.2) is 16.4 Å². The molecule has 82 valence electrons. The third-order valence-corrected chi connectivity index (χ3v) is 2.59. The van der Waals surface area contributed by atoms with E-state index in [9.17, 15) is 4.79 Å². The SMILES string of the molecule is O=Cc1cc(OCc2ncon2)ccc1Br. The van der Waals surface area contributed by atoms with Gasteiger partial charge in [-0.25, -0.2) is 0 Å². The van der Waals surface area contributed by atoms with E-state index in [0.717, 1.165) is 10.8 Å². The van der Waals surface area contributed by atoms with Crippen molar-refractivity contribution in [3.05, 3.63) is 40.5 Å². The monoisotopic (exact) mass is 282 g/mol. The molecule has 16 heavy (non-hydrogen) atoms. The molecule has 0 spiro atoms. The van der Waals surface area contributed by atoms with Gasteiger partial charge in [-0.3, -0.25) is 4.79 Å². The molecule has 0 N–H and O–H groups in total. The molecule has 2 rings (SSSR count). The Labute approximate surface area is 99.5 Å². The molecule has 0 saturated heterocycles. The van der Waals surface area contributed by atoms with Crippen LogP contribution in [0.4, 0.5) is 0 Å². The Hall–Kier alpha value is -1.69. The largest absolute Gasteiger partial charge is 0.485 e. The van der Waals surface area contributed by atoms with Crippen LogP contribution in [0.15, 0.2) is 33.6 Å². The first-order chi connectivity index (χ1) is 7.79. The molecule has 0 aliphatic heterocycles. The standard InChI is InChI=1S/C10H7BrN2O3/c11-9-2-1-8(3-7(9)4-14)15-5-10-12-6-16-13-10/h1-4,6H,5H2. The lowest BCUT2D eigenvalue weighted by atomic mass is 10.2. The molecular formula is C10H7BrN2O3. The highest BCUT2D eigenvalue weighted by Crippen LogP contribution is 2.21. The van der Waals surface area contributed by atoms with Crippen molar-refractivity contribution in [2.75, 3.05) is 0 Å². The third kappa shape index (κ3) is 2.46. The van der Waals surface area contributed by atoms with Crippen molar-refractivity contribution in [3.8, 4) is 5.75 Å². The quantitative estimate of drug-likeness (QED) is 0.805. The summed E-state index contributed by atoms with van der Waals surface area (Å²) in [6, 6.07) is 5.13. The average Bonchev–Trinajstić information content (AvgIpc) is 2.81. The fourth-order valence-electron chi connectivity index (χ4n) is 1.11. The maximum absolute atomic E-state index is 10.7. The molecule has 0 radical (unpaired) electrons. The van der Waals surface area contributed by atoms with Crippen LogP contribution < -0.4 is 4.74 Å². The summed E-state index contributed by atoms with van der Waals surface area (Å²) in [7, 11) is 0. The van der Waals surface area contributed by atoms with Crippen molar-refractivity contribution in [3.63, 3.8) is 0 Å². The zero-order chi connectivity index (χ0) is 11.4. The average molecular weight is 283 g/mol. The number of hydrogen-bond acceptors (Lipinski definition) is 5. The smallest absolute Gasteiger partial charge is 0.213 e. The number of carbonyl (C=O) groups excluding carboxylic acids is 1. The number of aromatic nitrogens is 2. The molecule has 1 aromatic carbocycles. The van der Waals surface area contributed by atoms with Gasteiger partial charge in [0.2, 0.25) is 12.2 Å². The molecule has 1 aromatic heterocycles. The zero-order valence-corrected chi connectivity index (χ0v) is 9.68. The minimum atomic E-state index is 0.205. The lowest BCUT2D eigenvalue weighted by Gasteiger charge is -2.04. The fourth-order valence-corrected chi connectivity index (χ4v) is 1.45. The molecule has 0 amide bonds. The number of ether oxygens (including phenoxy) is 1. The predicted molar refractivity (Wildman–Crippen MR) is 58.2 cm³/mol. The highest BCUT2D eigenvalue weighted by Gasteiger charge is 2.03. The fraction of sp³-hybridized carbons (Fsp3) is 0.100. The van der Waals surface area contributed by atoms with Gasteiger partial charge in [0.25, 0.3) is 0 Å². The Bertz CT molecular complexity index is 485. The van der Waals surface area contributed by atoms with Gasteiger partial charge in [-0.2, -0.15) is 4.98 Å². The van der Waals surface area contributed by atoms with Crippen molar-refractivity contribution < 1.29 is 14.1 Å². The molecule has 0 saturated carbocycles. The molecule has 0 unspecified atom stereocenters. The number of hydrogen-bond donors (Lipinski definition) is 0. The van der Waals surface area contributed by atoms with Gasteiger partial charge in [-0.1, -0.05) is 21.1 Å². The minimum absolute atomic E-state index is 0.205. The summed E-state index contributed by atoms with van der Waals surface area (Å²) in [4.78, 5) is 14.5. The van der Waals surface area contributed by atoms with E-state index in [1.807, 2.05) is 0 Å². The van der Waals surface area contributed by atoms with E-state index < -0.39 is 0 Å². The van der Waals surface area contributed by atoms with Gasteiger partial charge in [-0.05, 0) is 18.2 Å². The third-order valence-electron chi connectivity index (χ3n) is 1.87. The van der Waals surface area contributed by atoms with Crippen molar-refractivity contribution in [2.24, 2.45) is 0 Å². The molecule has 0 atom stereocenters. The number of nitrogens with zero attached hydrogens (tertiary/aromatic N) is 2. The number of halogens is 1. The number of aldehydes is 1. The van der Waals surface area contributed by atoms with Gasteiger partial charge in [0, 0.05) is 10.0 Å². The minimum Gasteiger partial charge on any atom is -0.485 e. The summed E-state index contributed by atoms with van der Waals surface area (Å²) in [5.74, 6) is 1.03. The highest BCUT2D eigenvalue weighted by molar-refractivity contribution is 9.10. The summed E-state index contributed by atoms with van der Waals surface area (Å²) in [5.41, 5.74) is 0.533. The first-order valence-corrected chi connectivity index (χ1v) is 5.21. The van der Waals surface area contributed by atoms with E-state index in [1.165, 1.54) is 6.39 Å². The van der Waals surface area contributed by atoms with Crippen LogP contribution in [0.1, 0.15) is 16.2 Å². The Morgan fingerprint density at radius 3 is 3.06 bits per heavy atom. The lowest BCUT2D eigenvalue weighted by molar-refractivity contribution is 0.112. The molecule has 0 aliphatic rings. The normalized spacial score (nSPS) is 10.1. The van der Waals surface area contributed by atoms with Gasteiger partial charge in [0.05, 0.1) is 0 Å². The second-order valence-corrected chi connectivity index (χ2v) is 3.79. The van der Waals surface area contributed by atoms with E-state index in [2.05, 4.69) is 30.6 Å². The Morgan fingerprint density at radius 2 is 2.38 bits per heavy atom. The van der Waals surface area contributed by atoms with Gasteiger partial charge in [0.1, 0.15) is 5.75 Å². The van der Waals surface area contributed by atoms with Gasteiger partial charge < -0.3 is 9.26 Å². The number of rotatable bonds is 4. The van der Waals surface area contributed by atoms with Crippen LogP contribution in [0.5, 0.6) is 5.75 Å². The van der Waals surface area contributed by atoms with Gasteiger partial charge >= 0.3 is 0 Å². The zero-order valence-electron chi connectivity index (χ0n) is 8.09. The molecule has 0 aliphatic carbocycles. The van der Waals surface area contributed by atoms with Crippen molar-refractivity contribution in [1.82, 2.24) is 10.1 Å². The number of carbonyl (C=O) groups is 1. The van der Waals surface area contributed by atoms with Crippen LogP contribution in [0.3, 0.4) is 0 Å². The van der Waals surface area contributed by atoms with Crippen molar-refractivity contribution >= 4 is 22.2 Å². The first kappa shape index (κ1) is 10.8. The van der Waals surface area contributed by atoms with Crippen LogP contribution >= 0.6 is 15.9 Å². The van der Waals surface area contributed by atoms with E-state index in [0.29, 0.717) is 17.1 Å². The maximum Gasteiger partial charge on any atom is 0.213 e. The Morgan fingerprint density at radius 1 is 1.50 bits per heavy atom. The van der Waals surface area contributed by atoms with E-state index >= 15 is 0 Å². The molecule has 5 nitrogen and oxygen atoms in total. The summed E-state index contributed by atoms with van der Waals surface area (Å²) in [6.45, 7) is 0.205. The second-order valence-electron chi connectivity index (χ2n) is 2.94. The van der Waals surface area contributed by atoms with Crippen LogP contribution in [0.2, 0.25) is 0 Å². The van der Waals surface area contributed by atoms with E-state index in [-0.39, 0.29) is 6.61 Å². The van der Waals surface area contributed by atoms with Gasteiger partial charge in [0.15, 0.2) is 12.9 Å². The van der Waals surface area contributed by atoms with Crippen LogP contribution in [0.25, 0.3) is 0 Å². The van der Waals surface area contributed by atoms with Crippen LogP contribution in [-0.2, 0) is 6.61 Å². The van der Waals surface area contributed by atoms with Crippen molar-refractivity contribution in [2.45, 2.75) is 6.61 Å². The molecule has 1 heterocycles. The summed E-state index contributed by atoms with van der Waals surface area (Å²) in [6.07, 6.45) is 1.99. The molecule has 0 fully saturated rings. The Balaban J connectivity index is 2.07. The van der Waals surface area contributed by atoms with E-state index in [1.54, 1.807) is 18.2 Å². The summed E-state index contributed by atoms with van der Waals surface area (Å²) < 4.78 is 10.7. The topological polar surface area (TPSA) is 65.2 Å². The highest BCUT2D eigenvalue weighted by atomic mass is 79.9. The molecule has 0 bridgehead atoms. The Kier molecular flexibility index (Phi) is 3.31. The van der Waals surface area contributed by atoms with Crippen molar-refractivity contribution in [1.29, 1.82) is 0 Å². The predicted octanol–water partition coefficient (Wildman–Crippen LogP) is 2.22. The van der Waals surface area contributed by atoms with Crippen LogP contribution in [0, 0.1) is 0 Å². The summed E-state index contributed by atoms with van der Waals surface area (Å²) in [5, 5.41) is 3.60. The summed E-state index contributed by atoms with van der Waals surface area (Å²) >= 11 is 3.25. The van der Waals surface area contributed by atoms with Gasteiger partial charge in [-0.15, -0.1) is 0 Å². The maximum atomic E-state index is 10.7.